The third-order valence-electron chi connectivity index (χ3n) is 4.41. The maximum absolute atomic E-state index is 12.9. The molecule has 0 aliphatic carbocycles. The first-order chi connectivity index (χ1) is 13.0. The van der Waals surface area contributed by atoms with E-state index in [0.29, 0.717) is 22.8 Å². The third-order valence-corrected chi connectivity index (χ3v) is 4.41. The lowest BCUT2D eigenvalue weighted by atomic mass is 10.2. The Hall–Kier alpha value is -3.48. The molecule has 0 saturated heterocycles. The van der Waals surface area contributed by atoms with E-state index >= 15 is 0 Å². The standard InChI is InChI=1S/C20H21N3O4/c1-13-18(20(25)23(22(13)2)15-8-6-5-7-9-15)21-19(24)14-10-16(26-3)12-17(11-14)27-4/h5-12H,1-4H3,(H,21,24). The number of ether oxygens (including phenoxy) is 2. The molecule has 0 radical (unpaired) electrons. The Labute approximate surface area is 156 Å². The van der Waals surface area contributed by atoms with Crippen LogP contribution in [0.15, 0.2) is 53.3 Å². The fourth-order valence-corrected chi connectivity index (χ4v) is 2.84. The van der Waals surface area contributed by atoms with Crippen LogP contribution in [0.2, 0.25) is 0 Å². The number of methoxy groups -OCH3 is 2. The second-order valence-electron chi connectivity index (χ2n) is 5.99. The normalized spacial score (nSPS) is 10.5. The van der Waals surface area contributed by atoms with Gasteiger partial charge in [-0.3, -0.25) is 14.3 Å². The predicted molar refractivity (Wildman–Crippen MR) is 103 cm³/mol. The number of carbonyl (C=O) groups is 1. The molecular weight excluding hydrogens is 346 g/mol. The topological polar surface area (TPSA) is 74.5 Å². The van der Waals surface area contributed by atoms with Gasteiger partial charge in [0.15, 0.2) is 0 Å². The van der Waals surface area contributed by atoms with Crippen molar-refractivity contribution in [3.05, 3.63) is 70.1 Å². The molecule has 0 saturated carbocycles. The van der Waals surface area contributed by atoms with Crippen molar-refractivity contribution in [3.8, 4) is 17.2 Å². The van der Waals surface area contributed by atoms with Crippen LogP contribution < -0.4 is 20.3 Å². The van der Waals surface area contributed by atoms with Crippen molar-refractivity contribution >= 4 is 11.6 Å². The highest BCUT2D eigenvalue weighted by molar-refractivity contribution is 6.05. The number of carbonyl (C=O) groups excluding carboxylic acids is 1. The first-order valence-electron chi connectivity index (χ1n) is 8.34. The van der Waals surface area contributed by atoms with Crippen molar-refractivity contribution in [2.24, 2.45) is 7.05 Å². The Bertz CT molecular complexity index is 1010. The predicted octanol–water partition coefficient (Wildman–Crippen LogP) is 2.75. The molecule has 1 heterocycles. The van der Waals surface area contributed by atoms with Gasteiger partial charge in [0, 0.05) is 18.7 Å². The fraction of sp³-hybridized carbons (Fsp3) is 0.200. The number of hydrogen-bond donors (Lipinski definition) is 1. The summed E-state index contributed by atoms with van der Waals surface area (Å²) >= 11 is 0. The molecule has 1 N–H and O–H groups in total. The summed E-state index contributed by atoms with van der Waals surface area (Å²) in [5.74, 6) is 0.565. The van der Waals surface area contributed by atoms with Gasteiger partial charge in [0.05, 0.1) is 25.6 Å². The molecule has 27 heavy (non-hydrogen) atoms. The summed E-state index contributed by atoms with van der Waals surface area (Å²) in [7, 11) is 4.79. The molecule has 0 fully saturated rings. The van der Waals surface area contributed by atoms with E-state index in [9.17, 15) is 9.59 Å². The second-order valence-corrected chi connectivity index (χ2v) is 5.99. The van der Waals surface area contributed by atoms with Crippen LogP contribution in [0.25, 0.3) is 5.69 Å². The van der Waals surface area contributed by atoms with Crippen molar-refractivity contribution in [1.29, 1.82) is 0 Å². The smallest absolute Gasteiger partial charge is 0.295 e. The van der Waals surface area contributed by atoms with Crippen LogP contribution in [0.5, 0.6) is 11.5 Å². The molecule has 0 unspecified atom stereocenters. The van der Waals surface area contributed by atoms with Gasteiger partial charge in [-0.1, -0.05) is 18.2 Å². The Morgan fingerprint density at radius 1 is 1.00 bits per heavy atom. The molecule has 3 rings (SSSR count). The third kappa shape index (κ3) is 3.44. The van der Waals surface area contributed by atoms with Crippen molar-refractivity contribution < 1.29 is 14.3 Å². The molecule has 0 bridgehead atoms. The lowest BCUT2D eigenvalue weighted by Gasteiger charge is -2.08. The quantitative estimate of drug-likeness (QED) is 0.752. The lowest BCUT2D eigenvalue weighted by Crippen LogP contribution is -2.23. The zero-order valence-electron chi connectivity index (χ0n) is 15.6. The Kier molecular flexibility index (Phi) is 5.03. The van der Waals surface area contributed by atoms with Crippen LogP contribution in [-0.4, -0.2) is 29.5 Å². The lowest BCUT2D eigenvalue weighted by molar-refractivity contribution is 0.102. The maximum Gasteiger partial charge on any atom is 0.295 e. The minimum Gasteiger partial charge on any atom is -0.497 e. The molecular formula is C20H21N3O4. The van der Waals surface area contributed by atoms with Gasteiger partial charge in [0.2, 0.25) is 0 Å². The summed E-state index contributed by atoms with van der Waals surface area (Å²) in [6.07, 6.45) is 0. The van der Waals surface area contributed by atoms with Crippen molar-refractivity contribution in [1.82, 2.24) is 9.36 Å². The minimum absolute atomic E-state index is 0.230. The Balaban J connectivity index is 2.00. The molecule has 1 amide bonds. The number of anilines is 1. The summed E-state index contributed by atoms with van der Waals surface area (Å²) in [5, 5.41) is 2.72. The van der Waals surface area contributed by atoms with Crippen molar-refractivity contribution in [2.75, 3.05) is 19.5 Å². The number of hydrogen-bond acceptors (Lipinski definition) is 4. The van der Waals surface area contributed by atoms with E-state index in [1.54, 1.807) is 36.9 Å². The number of aromatic nitrogens is 2. The summed E-state index contributed by atoms with van der Waals surface area (Å²) < 4.78 is 13.6. The average Bonchev–Trinajstić information content (AvgIpc) is 2.91. The SMILES string of the molecule is COc1cc(OC)cc(C(=O)Nc2c(C)n(C)n(-c3ccccc3)c2=O)c1. The average molecular weight is 367 g/mol. The number of rotatable bonds is 5. The molecule has 140 valence electrons. The molecule has 0 spiro atoms. The highest BCUT2D eigenvalue weighted by Crippen LogP contribution is 2.23. The van der Waals surface area contributed by atoms with E-state index in [1.165, 1.54) is 18.9 Å². The summed E-state index contributed by atoms with van der Waals surface area (Å²) in [6, 6.07) is 14.1. The molecule has 2 aromatic carbocycles. The van der Waals surface area contributed by atoms with E-state index in [2.05, 4.69) is 5.32 Å². The van der Waals surface area contributed by atoms with Gasteiger partial charge in [-0.05, 0) is 31.2 Å². The highest BCUT2D eigenvalue weighted by Gasteiger charge is 2.19. The maximum atomic E-state index is 12.9. The van der Waals surface area contributed by atoms with Gasteiger partial charge < -0.3 is 14.8 Å². The number of nitrogens with one attached hydrogen (secondary N) is 1. The zero-order valence-corrected chi connectivity index (χ0v) is 15.6. The fourth-order valence-electron chi connectivity index (χ4n) is 2.84. The summed E-state index contributed by atoms with van der Waals surface area (Å²) in [6.45, 7) is 1.78. The molecule has 0 aliphatic heterocycles. The van der Waals surface area contributed by atoms with Crippen LogP contribution in [-0.2, 0) is 7.05 Å². The Morgan fingerprint density at radius 2 is 1.59 bits per heavy atom. The van der Waals surface area contributed by atoms with Crippen LogP contribution in [0.1, 0.15) is 16.1 Å². The van der Waals surface area contributed by atoms with Gasteiger partial charge in [-0.25, -0.2) is 4.68 Å². The first kappa shape index (κ1) is 18.3. The van der Waals surface area contributed by atoms with Crippen LogP contribution in [0, 0.1) is 6.92 Å². The van der Waals surface area contributed by atoms with E-state index in [1.807, 2.05) is 30.3 Å². The number of para-hydroxylation sites is 1. The van der Waals surface area contributed by atoms with Crippen molar-refractivity contribution in [2.45, 2.75) is 6.92 Å². The minimum atomic E-state index is -0.418. The molecule has 7 heteroatoms. The first-order valence-corrected chi connectivity index (χ1v) is 8.34. The van der Waals surface area contributed by atoms with E-state index in [-0.39, 0.29) is 11.2 Å². The monoisotopic (exact) mass is 367 g/mol. The van der Waals surface area contributed by atoms with Gasteiger partial charge in [0.25, 0.3) is 11.5 Å². The van der Waals surface area contributed by atoms with Gasteiger partial charge in [0.1, 0.15) is 17.2 Å². The van der Waals surface area contributed by atoms with Crippen LogP contribution >= 0.6 is 0 Å². The zero-order chi connectivity index (χ0) is 19.6. The largest absolute Gasteiger partial charge is 0.497 e. The summed E-state index contributed by atoms with van der Waals surface area (Å²) in [4.78, 5) is 25.6. The van der Waals surface area contributed by atoms with Gasteiger partial charge in [-0.15, -0.1) is 0 Å². The molecule has 0 aliphatic rings. The summed E-state index contributed by atoms with van der Waals surface area (Å²) in [5.41, 5.74) is 1.63. The number of amides is 1. The Morgan fingerprint density at radius 3 is 2.15 bits per heavy atom. The van der Waals surface area contributed by atoms with Crippen LogP contribution in [0.3, 0.4) is 0 Å². The van der Waals surface area contributed by atoms with E-state index in [0.717, 1.165) is 5.69 Å². The van der Waals surface area contributed by atoms with E-state index in [4.69, 9.17) is 9.47 Å². The molecule has 3 aromatic rings. The molecule has 7 nitrogen and oxygen atoms in total. The van der Waals surface area contributed by atoms with Gasteiger partial charge >= 0.3 is 0 Å². The number of benzene rings is 2. The number of nitrogens with zero attached hydrogens (tertiary/aromatic N) is 2. The van der Waals surface area contributed by atoms with Gasteiger partial charge in [-0.2, -0.15) is 0 Å². The van der Waals surface area contributed by atoms with E-state index < -0.39 is 5.91 Å². The second kappa shape index (κ2) is 7.41. The highest BCUT2D eigenvalue weighted by atomic mass is 16.5. The molecule has 1 aromatic heterocycles. The van der Waals surface area contributed by atoms with Crippen LogP contribution in [0.4, 0.5) is 5.69 Å². The van der Waals surface area contributed by atoms with Crippen molar-refractivity contribution in [3.63, 3.8) is 0 Å². The molecule has 0 atom stereocenters.